The summed E-state index contributed by atoms with van der Waals surface area (Å²) in [6.45, 7) is 3.46. The Morgan fingerprint density at radius 1 is 1.38 bits per heavy atom. The highest BCUT2D eigenvalue weighted by molar-refractivity contribution is 5.98. The third kappa shape index (κ3) is 3.73. The fraction of sp³-hybridized carbons (Fsp3) is 0.333. The molecule has 1 aromatic rings. The number of nitrogens with zero attached hydrogens (tertiary/aromatic N) is 1. The predicted octanol–water partition coefficient (Wildman–Crippen LogP) is 2.07. The molecule has 0 heterocycles. The predicted molar refractivity (Wildman–Crippen MR) is 61.6 cm³/mol. The summed E-state index contributed by atoms with van der Waals surface area (Å²) in [4.78, 5) is 14.9. The van der Waals surface area contributed by atoms with Gasteiger partial charge in [-0.2, -0.15) is 0 Å². The molecule has 0 aliphatic carbocycles. The fourth-order valence-electron chi connectivity index (χ4n) is 1.22. The van der Waals surface area contributed by atoms with E-state index >= 15 is 0 Å². The molecule has 0 amide bonds. The van der Waals surface area contributed by atoms with E-state index in [-0.39, 0.29) is 0 Å². The van der Waals surface area contributed by atoms with E-state index in [9.17, 15) is 4.79 Å². The Bertz CT molecular complexity index is 382. The molecule has 0 saturated heterocycles. The van der Waals surface area contributed by atoms with E-state index in [0.717, 1.165) is 12.0 Å². The van der Waals surface area contributed by atoms with Crippen molar-refractivity contribution in [2.45, 2.75) is 20.3 Å². The van der Waals surface area contributed by atoms with Crippen molar-refractivity contribution < 1.29 is 14.7 Å². The second-order valence-electron chi connectivity index (χ2n) is 3.39. The molecular weight excluding hydrogens is 206 g/mol. The highest BCUT2D eigenvalue weighted by Gasteiger charge is 1.99. The van der Waals surface area contributed by atoms with Gasteiger partial charge in [-0.3, -0.25) is 0 Å². The highest BCUT2D eigenvalue weighted by atomic mass is 16.6. The summed E-state index contributed by atoms with van der Waals surface area (Å²) >= 11 is 0. The maximum Gasteiger partial charge on any atom is 0.344 e. The van der Waals surface area contributed by atoms with Crippen molar-refractivity contribution in [3.8, 4) is 0 Å². The van der Waals surface area contributed by atoms with Crippen molar-refractivity contribution in [3.05, 3.63) is 35.4 Å². The molecule has 0 spiro atoms. The smallest absolute Gasteiger partial charge is 0.344 e. The van der Waals surface area contributed by atoms with E-state index in [2.05, 4.69) is 16.9 Å². The molecule has 0 aliphatic heterocycles. The van der Waals surface area contributed by atoms with E-state index in [1.807, 2.05) is 24.3 Å². The molecule has 1 rings (SSSR count). The van der Waals surface area contributed by atoms with Gasteiger partial charge in [0.25, 0.3) is 0 Å². The van der Waals surface area contributed by atoms with Crippen LogP contribution in [0.3, 0.4) is 0 Å². The van der Waals surface area contributed by atoms with E-state index in [0.29, 0.717) is 5.71 Å². The molecule has 0 saturated carbocycles. The third-order valence-electron chi connectivity index (χ3n) is 2.17. The van der Waals surface area contributed by atoms with E-state index in [1.54, 1.807) is 6.92 Å². The van der Waals surface area contributed by atoms with Gasteiger partial charge in [0.1, 0.15) is 0 Å². The number of carbonyl (C=O) groups is 1. The number of hydrogen-bond acceptors (Lipinski definition) is 3. The minimum absolute atomic E-state index is 0.412. The van der Waals surface area contributed by atoms with Crippen LogP contribution in [-0.2, 0) is 16.1 Å². The molecule has 0 unspecified atom stereocenters. The molecule has 0 atom stereocenters. The standard InChI is InChI=1S/C12H15NO3/c1-3-10-4-6-11(7-5-10)9(2)13-16-8-12(14)15/h4-7H,3,8H2,1-2H3,(H,14,15). The Morgan fingerprint density at radius 2 is 2.00 bits per heavy atom. The third-order valence-corrected chi connectivity index (χ3v) is 2.17. The molecule has 0 aromatic heterocycles. The van der Waals surface area contributed by atoms with Crippen LogP contribution >= 0.6 is 0 Å². The monoisotopic (exact) mass is 221 g/mol. The van der Waals surface area contributed by atoms with E-state index in [4.69, 9.17) is 5.11 Å². The highest BCUT2D eigenvalue weighted by Crippen LogP contribution is 2.06. The molecule has 0 aliphatic rings. The summed E-state index contributed by atoms with van der Waals surface area (Å²) in [6.07, 6.45) is 0.992. The lowest BCUT2D eigenvalue weighted by Gasteiger charge is -2.02. The Labute approximate surface area is 94.5 Å². The van der Waals surface area contributed by atoms with Gasteiger partial charge >= 0.3 is 5.97 Å². The van der Waals surface area contributed by atoms with Gasteiger partial charge in [-0.1, -0.05) is 36.3 Å². The summed E-state index contributed by atoms with van der Waals surface area (Å²) in [5.41, 5.74) is 2.86. The lowest BCUT2D eigenvalue weighted by Crippen LogP contribution is -2.05. The maximum atomic E-state index is 10.2. The first-order chi connectivity index (χ1) is 7.63. The molecular formula is C12H15NO3. The number of carboxylic acid groups (broad SMARTS) is 1. The molecule has 1 N–H and O–H groups in total. The van der Waals surface area contributed by atoms with Gasteiger partial charge < -0.3 is 9.94 Å². The number of rotatable bonds is 5. The zero-order valence-corrected chi connectivity index (χ0v) is 9.43. The number of carboxylic acids is 1. The lowest BCUT2D eigenvalue weighted by molar-refractivity contribution is -0.142. The Kier molecular flexibility index (Phi) is 4.51. The van der Waals surface area contributed by atoms with Crippen molar-refractivity contribution in [2.75, 3.05) is 6.61 Å². The van der Waals surface area contributed by atoms with Gasteiger partial charge in [0.15, 0.2) is 0 Å². The summed E-state index contributed by atoms with van der Waals surface area (Å²) in [5.74, 6) is -1.03. The molecule has 4 heteroatoms. The summed E-state index contributed by atoms with van der Waals surface area (Å²) < 4.78 is 0. The molecule has 0 fully saturated rings. The quantitative estimate of drug-likeness (QED) is 0.611. The molecule has 1 aromatic carbocycles. The largest absolute Gasteiger partial charge is 0.479 e. The minimum Gasteiger partial charge on any atom is -0.479 e. The van der Waals surface area contributed by atoms with E-state index in [1.165, 1.54) is 5.56 Å². The van der Waals surface area contributed by atoms with Crippen LogP contribution in [0.2, 0.25) is 0 Å². The van der Waals surface area contributed by atoms with Gasteiger partial charge in [-0.05, 0) is 24.5 Å². The van der Waals surface area contributed by atoms with Crippen molar-refractivity contribution in [2.24, 2.45) is 5.16 Å². The number of aryl methyl sites for hydroxylation is 1. The maximum absolute atomic E-state index is 10.2. The van der Waals surface area contributed by atoms with Crippen molar-refractivity contribution in [1.29, 1.82) is 0 Å². The van der Waals surface area contributed by atoms with Crippen molar-refractivity contribution in [3.63, 3.8) is 0 Å². The van der Waals surface area contributed by atoms with Gasteiger partial charge in [-0.15, -0.1) is 0 Å². The number of benzene rings is 1. The molecule has 4 nitrogen and oxygen atoms in total. The van der Waals surface area contributed by atoms with Crippen LogP contribution in [0.15, 0.2) is 29.4 Å². The second-order valence-corrected chi connectivity index (χ2v) is 3.39. The van der Waals surface area contributed by atoms with E-state index < -0.39 is 12.6 Å². The molecule has 0 radical (unpaired) electrons. The summed E-state index contributed by atoms with van der Waals surface area (Å²) in [5, 5.41) is 12.1. The minimum atomic E-state index is -1.03. The van der Waals surface area contributed by atoms with Gasteiger partial charge in [-0.25, -0.2) is 4.79 Å². The first-order valence-electron chi connectivity index (χ1n) is 5.11. The van der Waals surface area contributed by atoms with Gasteiger partial charge in [0.2, 0.25) is 6.61 Å². The van der Waals surface area contributed by atoms with Crippen LogP contribution < -0.4 is 0 Å². The Morgan fingerprint density at radius 3 is 2.50 bits per heavy atom. The first-order valence-corrected chi connectivity index (χ1v) is 5.11. The van der Waals surface area contributed by atoms with Crippen molar-refractivity contribution in [1.82, 2.24) is 0 Å². The topological polar surface area (TPSA) is 58.9 Å². The van der Waals surface area contributed by atoms with Crippen LogP contribution in [0.4, 0.5) is 0 Å². The van der Waals surface area contributed by atoms with Crippen LogP contribution in [0.5, 0.6) is 0 Å². The van der Waals surface area contributed by atoms with Gasteiger partial charge in [0.05, 0.1) is 5.71 Å². The normalized spacial score (nSPS) is 11.2. The lowest BCUT2D eigenvalue weighted by atomic mass is 10.1. The SMILES string of the molecule is CCc1ccc(C(C)=NOCC(=O)O)cc1. The Hall–Kier alpha value is -1.84. The number of aliphatic carboxylic acids is 1. The number of hydrogen-bond donors (Lipinski definition) is 1. The average molecular weight is 221 g/mol. The van der Waals surface area contributed by atoms with Crippen LogP contribution in [-0.4, -0.2) is 23.4 Å². The number of oxime groups is 1. The Balaban J connectivity index is 2.64. The zero-order chi connectivity index (χ0) is 12.0. The second kappa shape index (κ2) is 5.90. The molecule has 16 heavy (non-hydrogen) atoms. The summed E-state index contributed by atoms with van der Waals surface area (Å²) in [7, 11) is 0. The first kappa shape index (κ1) is 12.2. The van der Waals surface area contributed by atoms with Gasteiger partial charge in [0, 0.05) is 0 Å². The van der Waals surface area contributed by atoms with Crippen LogP contribution in [0.25, 0.3) is 0 Å². The summed E-state index contributed by atoms with van der Waals surface area (Å²) in [6, 6.07) is 7.93. The average Bonchev–Trinajstić information content (AvgIpc) is 2.28. The molecule has 86 valence electrons. The molecule has 0 bridgehead atoms. The van der Waals surface area contributed by atoms with Crippen LogP contribution in [0.1, 0.15) is 25.0 Å². The van der Waals surface area contributed by atoms with Crippen LogP contribution in [0, 0.1) is 0 Å². The van der Waals surface area contributed by atoms with Crippen molar-refractivity contribution >= 4 is 11.7 Å². The zero-order valence-electron chi connectivity index (χ0n) is 9.43. The fourth-order valence-corrected chi connectivity index (χ4v) is 1.22.